The Kier molecular flexibility index (Phi) is 4.69. The van der Waals surface area contributed by atoms with Gasteiger partial charge in [0.25, 0.3) is 0 Å². The Morgan fingerprint density at radius 2 is 2.31 bits per heavy atom. The van der Waals surface area contributed by atoms with E-state index in [1.165, 1.54) is 0 Å². The summed E-state index contributed by atoms with van der Waals surface area (Å²) in [5, 5.41) is 8.78. The molecule has 76 valence electrons. The second kappa shape index (κ2) is 5.01. The third-order valence-corrected chi connectivity index (χ3v) is 2.10. The minimum Gasteiger partial charge on any atom is -0.480 e. The predicted molar refractivity (Wildman–Crippen MR) is 55.6 cm³/mol. The summed E-state index contributed by atoms with van der Waals surface area (Å²) in [6.45, 7) is 0.623. The molecule has 13 heavy (non-hydrogen) atoms. The summed E-state index contributed by atoms with van der Waals surface area (Å²) in [7, 11) is 1.90. The van der Waals surface area contributed by atoms with Crippen LogP contribution in [0.5, 0.6) is 0 Å². The number of hydrogen-bond acceptors (Lipinski definition) is 4. The number of rotatable bonds is 3. The minimum atomic E-state index is -0.829. The molecule has 1 rings (SSSR count). The quantitative estimate of drug-likeness (QED) is 0.664. The summed E-state index contributed by atoms with van der Waals surface area (Å²) in [6.07, 6.45) is 3.62. The van der Waals surface area contributed by atoms with Gasteiger partial charge in [-0.25, -0.2) is 4.79 Å². The fraction of sp³-hybridized carbons (Fsp3) is 0.625. The Labute approximate surface area is 84.2 Å². The molecule has 0 amide bonds. The Hall–Kier alpha value is -0.840. The largest absolute Gasteiger partial charge is 0.480 e. The van der Waals surface area contributed by atoms with Crippen LogP contribution in [0.25, 0.3) is 0 Å². The maximum Gasteiger partial charge on any atom is 0.327 e. The van der Waals surface area contributed by atoms with Gasteiger partial charge in [0.1, 0.15) is 6.04 Å². The smallest absolute Gasteiger partial charge is 0.327 e. The monoisotopic (exact) mass is 204 g/mol. The number of carboxylic acid groups (broad SMARTS) is 1. The second-order valence-corrected chi connectivity index (χ2v) is 3.11. The van der Waals surface area contributed by atoms with Gasteiger partial charge in [-0.05, 0) is 0 Å². The van der Waals surface area contributed by atoms with Crippen molar-refractivity contribution in [2.75, 3.05) is 19.5 Å². The van der Waals surface area contributed by atoms with Gasteiger partial charge < -0.3 is 14.9 Å². The van der Waals surface area contributed by atoms with Crippen molar-refractivity contribution in [2.24, 2.45) is 0 Å². The number of nitrogens with zero attached hydrogens (tertiary/aromatic N) is 2. The molecule has 1 heterocycles. The molecule has 1 aliphatic heterocycles. The third kappa shape index (κ3) is 2.84. The predicted octanol–water partition coefficient (Wildman–Crippen LogP) is 0.682. The lowest BCUT2D eigenvalue weighted by atomic mass is 10.3. The molecule has 0 aromatic rings. The molecule has 0 spiro atoms. The summed E-state index contributed by atoms with van der Waals surface area (Å²) in [6, 6.07) is -0.519. The van der Waals surface area contributed by atoms with E-state index in [0.29, 0.717) is 12.4 Å². The van der Waals surface area contributed by atoms with Crippen LogP contribution in [0.1, 0.15) is 7.43 Å². The van der Waals surface area contributed by atoms with Crippen LogP contribution >= 0.6 is 12.6 Å². The summed E-state index contributed by atoms with van der Waals surface area (Å²) < 4.78 is 0. The van der Waals surface area contributed by atoms with Crippen LogP contribution in [-0.4, -0.2) is 46.4 Å². The third-order valence-electron chi connectivity index (χ3n) is 1.76. The van der Waals surface area contributed by atoms with Crippen LogP contribution < -0.4 is 0 Å². The Morgan fingerprint density at radius 1 is 1.69 bits per heavy atom. The molecule has 1 N–H and O–H groups in total. The number of hydrogen-bond donors (Lipinski definition) is 2. The molecule has 0 aliphatic carbocycles. The molecule has 0 fully saturated rings. The van der Waals surface area contributed by atoms with Crippen molar-refractivity contribution in [3.63, 3.8) is 0 Å². The van der Waals surface area contributed by atoms with Gasteiger partial charge in [-0.1, -0.05) is 7.43 Å². The summed E-state index contributed by atoms with van der Waals surface area (Å²) in [5.41, 5.74) is 0. The molecule has 4 nitrogen and oxygen atoms in total. The molecule has 1 atom stereocenters. The first-order chi connectivity index (χ1) is 5.65. The highest BCUT2D eigenvalue weighted by atomic mass is 32.1. The van der Waals surface area contributed by atoms with E-state index >= 15 is 0 Å². The van der Waals surface area contributed by atoms with Crippen molar-refractivity contribution < 1.29 is 9.90 Å². The summed E-state index contributed by atoms with van der Waals surface area (Å²) in [4.78, 5) is 14.3. The molecule has 1 aliphatic rings. The minimum absolute atomic E-state index is 0. The molecule has 5 heteroatoms. The zero-order valence-electron chi connectivity index (χ0n) is 6.84. The second-order valence-electron chi connectivity index (χ2n) is 2.75. The summed E-state index contributed by atoms with van der Waals surface area (Å²) >= 11 is 3.98. The van der Waals surface area contributed by atoms with Gasteiger partial charge in [-0.15, -0.1) is 0 Å². The molecule has 0 aromatic carbocycles. The lowest BCUT2D eigenvalue weighted by Crippen LogP contribution is -2.40. The van der Waals surface area contributed by atoms with Crippen molar-refractivity contribution in [1.82, 2.24) is 9.80 Å². The van der Waals surface area contributed by atoms with E-state index in [0.717, 1.165) is 0 Å². The van der Waals surface area contributed by atoms with Crippen molar-refractivity contribution in [3.05, 3.63) is 12.4 Å². The van der Waals surface area contributed by atoms with Gasteiger partial charge in [-0.2, -0.15) is 12.6 Å². The number of aliphatic carboxylic acids is 1. The summed E-state index contributed by atoms with van der Waals surface area (Å²) in [5.74, 6) is -0.502. The van der Waals surface area contributed by atoms with Crippen molar-refractivity contribution in [2.45, 2.75) is 13.5 Å². The first-order valence-electron chi connectivity index (χ1n) is 3.63. The van der Waals surface area contributed by atoms with Crippen molar-refractivity contribution >= 4 is 18.6 Å². The van der Waals surface area contributed by atoms with Crippen LogP contribution in [0.2, 0.25) is 0 Å². The number of carboxylic acids is 1. The van der Waals surface area contributed by atoms with Gasteiger partial charge in [0.05, 0.1) is 6.67 Å². The van der Waals surface area contributed by atoms with E-state index in [4.69, 9.17) is 5.11 Å². The number of thiol groups is 1. The maximum absolute atomic E-state index is 10.7. The van der Waals surface area contributed by atoms with Crippen molar-refractivity contribution in [1.29, 1.82) is 0 Å². The first-order valence-corrected chi connectivity index (χ1v) is 4.26. The van der Waals surface area contributed by atoms with E-state index in [2.05, 4.69) is 12.6 Å². The number of carbonyl (C=O) groups is 1. The highest BCUT2D eigenvalue weighted by Crippen LogP contribution is 2.10. The molecule has 0 bridgehead atoms. The van der Waals surface area contributed by atoms with Crippen molar-refractivity contribution in [3.8, 4) is 0 Å². The van der Waals surface area contributed by atoms with Gasteiger partial charge in [0.2, 0.25) is 0 Å². The van der Waals surface area contributed by atoms with Crippen LogP contribution in [0.15, 0.2) is 12.4 Å². The van der Waals surface area contributed by atoms with E-state index in [-0.39, 0.29) is 7.43 Å². The van der Waals surface area contributed by atoms with Crippen LogP contribution in [0.4, 0.5) is 0 Å². The standard InChI is InChI=1S/C7H12N2O2S.CH4/c1-8-2-3-9(5-8)6(4-12)7(10)11;/h2-3,6,12H,4-5H2,1H3,(H,10,11);1H4. The normalized spacial score (nSPS) is 17.1. The van der Waals surface area contributed by atoms with Crippen LogP contribution in [0.3, 0.4) is 0 Å². The molecule has 0 aromatic heterocycles. The zero-order chi connectivity index (χ0) is 9.14. The maximum atomic E-state index is 10.7. The highest BCUT2D eigenvalue weighted by Gasteiger charge is 2.24. The molecule has 1 unspecified atom stereocenters. The van der Waals surface area contributed by atoms with Crippen LogP contribution in [0, 0.1) is 0 Å². The average molecular weight is 204 g/mol. The SMILES string of the molecule is C.CN1C=CN(C(CS)C(=O)O)C1. The molecule has 0 saturated carbocycles. The van der Waals surface area contributed by atoms with Gasteiger partial charge in [0.15, 0.2) is 0 Å². The fourth-order valence-corrected chi connectivity index (χ4v) is 1.44. The van der Waals surface area contributed by atoms with Crippen LogP contribution in [-0.2, 0) is 4.79 Å². The van der Waals surface area contributed by atoms with E-state index in [1.54, 1.807) is 11.1 Å². The Morgan fingerprint density at radius 3 is 2.62 bits per heavy atom. The highest BCUT2D eigenvalue weighted by molar-refractivity contribution is 7.80. The Bertz CT molecular complexity index is 208. The molecule has 0 saturated heterocycles. The topological polar surface area (TPSA) is 43.8 Å². The Balaban J connectivity index is 0.00000144. The average Bonchev–Trinajstić information content (AvgIpc) is 2.37. The van der Waals surface area contributed by atoms with Gasteiger partial charge in [0, 0.05) is 25.2 Å². The molecule has 0 radical (unpaired) electrons. The van der Waals surface area contributed by atoms with Gasteiger partial charge in [-0.3, -0.25) is 0 Å². The van der Waals surface area contributed by atoms with E-state index < -0.39 is 12.0 Å². The lowest BCUT2D eigenvalue weighted by molar-refractivity contribution is -0.141. The zero-order valence-corrected chi connectivity index (χ0v) is 7.74. The lowest BCUT2D eigenvalue weighted by Gasteiger charge is -2.23. The first kappa shape index (κ1) is 12.2. The van der Waals surface area contributed by atoms with E-state index in [9.17, 15) is 4.79 Å². The molecular formula is C8H16N2O2S. The molecular weight excluding hydrogens is 188 g/mol. The van der Waals surface area contributed by atoms with E-state index in [1.807, 2.05) is 18.1 Å². The fourth-order valence-electron chi connectivity index (χ4n) is 1.08. The van der Waals surface area contributed by atoms with Gasteiger partial charge >= 0.3 is 5.97 Å².